The van der Waals surface area contributed by atoms with E-state index in [-0.39, 0.29) is 6.10 Å². The first-order chi connectivity index (χ1) is 8.90. The van der Waals surface area contributed by atoms with Crippen molar-refractivity contribution in [1.29, 1.82) is 0 Å². The second-order valence-electron chi connectivity index (χ2n) is 4.22. The molecule has 2 aromatic carbocycles. The Morgan fingerprint density at radius 2 is 1.56 bits per heavy atom. The van der Waals surface area contributed by atoms with Gasteiger partial charge in [0, 0.05) is 0 Å². The van der Waals surface area contributed by atoms with E-state index >= 15 is 0 Å². The molecule has 2 rings (SSSR count). The molecule has 0 saturated heterocycles. The van der Waals surface area contributed by atoms with Crippen molar-refractivity contribution in [1.82, 2.24) is 0 Å². The van der Waals surface area contributed by atoms with Crippen molar-refractivity contribution in [2.24, 2.45) is 0 Å². The summed E-state index contributed by atoms with van der Waals surface area (Å²) < 4.78 is 5.98. The molecule has 1 heteroatoms. The zero-order chi connectivity index (χ0) is 12.6. The van der Waals surface area contributed by atoms with E-state index in [9.17, 15) is 0 Å². The molecule has 0 radical (unpaired) electrons. The molecule has 0 amide bonds. The minimum Gasteiger partial charge on any atom is -0.369 e. The van der Waals surface area contributed by atoms with E-state index in [4.69, 9.17) is 4.74 Å². The molecule has 0 N–H and O–H groups in total. The van der Waals surface area contributed by atoms with Crippen LogP contribution in [0, 0.1) is 0 Å². The van der Waals surface area contributed by atoms with E-state index < -0.39 is 0 Å². The standard InChI is InChI=1S/C17H18O/c1-2-9-17(16-12-7-4-8-13-16)18-14-15-10-5-3-6-11-15/h2-8,10-13,17H,1,9,14H2. The van der Waals surface area contributed by atoms with Gasteiger partial charge < -0.3 is 4.74 Å². The number of rotatable bonds is 6. The lowest BCUT2D eigenvalue weighted by atomic mass is 10.1. The van der Waals surface area contributed by atoms with Gasteiger partial charge >= 0.3 is 0 Å². The highest BCUT2D eigenvalue weighted by Crippen LogP contribution is 2.22. The number of benzene rings is 2. The minimum atomic E-state index is 0.0870. The van der Waals surface area contributed by atoms with Crippen molar-refractivity contribution in [3.63, 3.8) is 0 Å². The molecule has 0 spiro atoms. The number of hydrogen-bond donors (Lipinski definition) is 0. The smallest absolute Gasteiger partial charge is 0.0863 e. The molecule has 0 bridgehead atoms. The van der Waals surface area contributed by atoms with Crippen LogP contribution in [-0.4, -0.2) is 0 Å². The van der Waals surface area contributed by atoms with Crippen molar-refractivity contribution < 1.29 is 4.74 Å². The van der Waals surface area contributed by atoms with Gasteiger partial charge in [-0.3, -0.25) is 0 Å². The van der Waals surface area contributed by atoms with Gasteiger partial charge in [-0.2, -0.15) is 0 Å². The van der Waals surface area contributed by atoms with E-state index in [1.165, 1.54) is 11.1 Å². The average molecular weight is 238 g/mol. The Kier molecular flexibility index (Phi) is 4.74. The Morgan fingerprint density at radius 3 is 2.17 bits per heavy atom. The summed E-state index contributed by atoms with van der Waals surface area (Å²) in [5.41, 5.74) is 2.40. The molecular formula is C17H18O. The first-order valence-electron chi connectivity index (χ1n) is 6.21. The van der Waals surface area contributed by atoms with Crippen molar-refractivity contribution in [2.45, 2.75) is 19.1 Å². The SMILES string of the molecule is C=CCC(OCc1ccccc1)c1ccccc1. The summed E-state index contributed by atoms with van der Waals surface area (Å²) in [5.74, 6) is 0. The molecule has 0 aliphatic carbocycles. The first kappa shape index (κ1) is 12.6. The molecule has 0 aromatic heterocycles. The number of hydrogen-bond acceptors (Lipinski definition) is 1. The van der Waals surface area contributed by atoms with Crippen LogP contribution in [0.2, 0.25) is 0 Å². The second kappa shape index (κ2) is 6.77. The zero-order valence-electron chi connectivity index (χ0n) is 10.5. The lowest BCUT2D eigenvalue weighted by molar-refractivity contribution is 0.0417. The zero-order valence-corrected chi connectivity index (χ0v) is 10.5. The van der Waals surface area contributed by atoms with Gasteiger partial charge in [-0.05, 0) is 17.5 Å². The summed E-state index contributed by atoms with van der Waals surface area (Å²) in [5, 5.41) is 0. The molecule has 0 fully saturated rings. The summed E-state index contributed by atoms with van der Waals surface area (Å²) in [7, 11) is 0. The summed E-state index contributed by atoms with van der Waals surface area (Å²) in [4.78, 5) is 0. The highest BCUT2D eigenvalue weighted by atomic mass is 16.5. The van der Waals surface area contributed by atoms with Crippen LogP contribution in [0.1, 0.15) is 23.7 Å². The van der Waals surface area contributed by atoms with Crippen molar-refractivity contribution >= 4 is 0 Å². The third kappa shape index (κ3) is 3.57. The molecule has 0 heterocycles. The Bertz CT molecular complexity index is 461. The molecule has 1 atom stereocenters. The molecule has 0 aliphatic heterocycles. The summed E-state index contributed by atoms with van der Waals surface area (Å²) in [6, 6.07) is 20.5. The van der Waals surface area contributed by atoms with Crippen molar-refractivity contribution in [3.05, 3.63) is 84.4 Å². The van der Waals surface area contributed by atoms with Crippen LogP contribution in [0.3, 0.4) is 0 Å². The topological polar surface area (TPSA) is 9.23 Å². The van der Waals surface area contributed by atoms with Gasteiger partial charge in [0.15, 0.2) is 0 Å². The molecule has 0 aliphatic rings. The minimum absolute atomic E-state index is 0.0870. The maximum Gasteiger partial charge on any atom is 0.0863 e. The predicted octanol–water partition coefficient (Wildman–Crippen LogP) is 4.52. The van der Waals surface area contributed by atoms with E-state index in [0.717, 1.165) is 6.42 Å². The van der Waals surface area contributed by atoms with Gasteiger partial charge in [0.2, 0.25) is 0 Å². The largest absolute Gasteiger partial charge is 0.369 e. The Morgan fingerprint density at radius 1 is 0.944 bits per heavy atom. The molecule has 1 nitrogen and oxygen atoms in total. The summed E-state index contributed by atoms with van der Waals surface area (Å²) >= 11 is 0. The Balaban J connectivity index is 2.01. The van der Waals surface area contributed by atoms with E-state index in [1.807, 2.05) is 42.5 Å². The predicted molar refractivity (Wildman–Crippen MR) is 75.2 cm³/mol. The van der Waals surface area contributed by atoms with Gasteiger partial charge in [0.05, 0.1) is 12.7 Å². The highest BCUT2D eigenvalue weighted by Gasteiger charge is 2.09. The average Bonchev–Trinajstić information content (AvgIpc) is 2.45. The van der Waals surface area contributed by atoms with E-state index in [1.54, 1.807) is 0 Å². The molecule has 2 aromatic rings. The van der Waals surface area contributed by atoms with Crippen LogP contribution in [0.5, 0.6) is 0 Å². The van der Waals surface area contributed by atoms with Crippen molar-refractivity contribution in [3.8, 4) is 0 Å². The molecular weight excluding hydrogens is 220 g/mol. The fraction of sp³-hybridized carbons (Fsp3) is 0.176. The summed E-state index contributed by atoms with van der Waals surface area (Å²) in [6.07, 6.45) is 2.82. The molecule has 0 saturated carbocycles. The third-order valence-corrected chi connectivity index (χ3v) is 2.85. The summed E-state index contributed by atoms with van der Waals surface area (Å²) in [6.45, 7) is 4.43. The molecule has 92 valence electrons. The fourth-order valence-electron chi connectivity index (χ4n) is 1.89. The Labute approximate surface area is 109 Å². The van der Waals surface area contributed by atoms with Crippen LogP contribution in [-0.2, 0) is 11.3 Å². The van der Waals surface area contributed by atoms with E-state index in [0.29, 0.717) is 6.61 Å². The normalized spacial score (nSPS) is 12.0. The van der Waals surface area contributed by atoms with Gasteiger partial charge in [0.1, 0.15) is 0 Å². The molecule has 18 heavy (non-hydrogen) atoms. The fourth-order valence-corrected chi connectivity index (χ4v) is 1.89. The van der Waals surface area contributed by atoms with Crippen LogP contribution in [0.15, 0.2) is 73.3 Å². The third-order valence-electron chi connectivity index (χ3n) is 2.85. The van der Waals surface area contributed by atoms with Gasteiger partial charge in [-0.1, -0.05) is 66.7 Å². The monoisotopic (exact) mass is 238 g/mol. The van der Waals surface area contributed by atoms with E-state index in [2.05, 4.69) is 30.8 Å². The van der Waals surface area contributed by atoms with Crippen LogP contribution >= 0.6 is 0 Å². The second-order valence-corrected chi connectivity index (χ2v) is 4.22. The quantitative estimate of drug-likeness (QED) is 0.672. The molecule has 1 unspecified atom stereocenters. The van der Waals surface area contributed by atoms with Gasteiger partial charge in [-0.15, -0.1) is 6.58 Å². The maximum atomic E-state index is 5.98. The lowest BCUT2D eigenvalue weighted by Crippen LogP contribution is -2.03. The maximum absolute atomic E-state index is 5.98. The number of ether oxygens (including phenoxy) is 1. The van der Waals surface area contributed by atoms with Crippen LogP contribution in [0.25, 0.3) is 0 Å². The lowest BCUT2D eigenvalue weighted by Gasteiger charge is -2.16. The van der Waals surface area contributed by atoms with Crippen LogP contribution in [0.4, 0.5) is 0 Å². The Hall–Kier alpha value is -1.86. The van der Waals surface area contributed by atoms with Gasteiger partial charge in [-0.25, -0.2) is 0 Å². The van der Waals surface area contributed by atoms with Crippen LogP contribution < -0.4 is 0 Å². The highest BCUT2D eigenvalue weighted by molar-refractivity contribution is 5.19. The van der Waals surface area contributed by atoms with Gasteiger partial charge in [0.25, 0.3) is 0 Å². The first-order valence-corrected chi connectivity index (χ1v) is 6.21. The van der Waals surface area contributed by atoms with Crippen molar-refractivity contribution in [2.75, 3.05) is 0 Å².